The fourth-order valence-corrected chi connectivity index (χ4v) is 1.61. The van der Waals surface area contributed by atoms with Gasteiger partial charge in [0, 0.05) is 5.56 Å². The summed E-state index contributed by atoms with van der Waals surface area (Å²) >= 11 is 5.76. The van der Waals surface area contributed by atoms with Crippen molar-refractivity contribution < 1.29 is 15.3 Å². The summed E-state index contributed by atoms with van der Waals surface area (Å²) in [6.45, 7) is 0. The second-order valence-electron chi connectivity index (χ2n) is 3.37. The Morgan fingerprint density at radius 2 is 1.50 bits per heavy atom. The first-order chi connectivity index (χ1) is 7.58. The summed E-state index contributed by atoms with van der Waals surface area (Å²) in [5.41, 5.74) is 1.08. The first-order valence-corrected chi connectivity index (χ1v) is 4.96. The van der Waals surface area contributed by atoms with Crippen LogP contribution in [0, 0.1) is 0 Å². The molecule has 0 unspecified atom stereocenters. The quantitative estimate of drug-likeness (QED) is 0.667. The van der Waals surface area contributed by atoms with E-state index in [4.69, 9.17) is 11.6 Å². The monoisotopic (exact) mass is 236 g/mol. The Morgan fingerprint density at radius 1 is 0.812 bits per heavy atom. The summed E-state index contributed by atoms with van der Waals surface area (Å²) in [6.07, 6.45) is 0. The van der Waals surface area contributed by atoms with Crippen molar-refractivity contribution in [3.63, 3.8) is 0 Å². The van der Waals surface area contributed by atoms with Crippen molar-refractivity contribution in [3.8, 4) is 28.4 Å². The van der Waals surface area contributed by atoms with Crippen molar-refractivity contribution >= 4 is 11.6 Å². The number of rotatable bonds is 1. The highest BCUT2D eigenvalue weighted by molar-refractivity contribution is 6.32. The van der Waals surface area contributed by atoms with Gasteiger partial charge in [-0.15, -0.1) is 0 Å². The van der Waals surface area contributed by atoms with Gasteiger partial charge >= 0.3 is 0 Å². The van der Waals surface area contributed by atoms with Crippen LogP contribution >= 0.6 is 11.6 Å². The molecule has 0 radical (unpaired) electrons. The number of benzene rings is 2. The minimum absolute atomic E-state index is 0.0231. The fraction of sp³-hybridized carbons (Fsp3) is 0. The molecule has 0 heterocycles. The van der Waals surface area contributed by atoms with Crippen LogP contribution in [0.3, 0.4) is 0 Å². The molecule has 0 aliphatic rings. The Hall–Kier alpha value is -1.87. The topological polar surface area (TPSA) is 60.7 Å². The van der Waals surface area contributed by atoms with E-state index in [2.05, 4.69) is 0 Å². The minimum Gasteiger partial charge on any atom is -0.508 e. The van der Waals surface area contributed by atoms with Crippen LogP contribution in [0.2, 0.25) is 5.02 Å². The van der Waals surface area contributed by atoms with Gasteiger partial charge in [-0.25, -0.2) is 0 Å². The van der Waals surface area contributed by atoms with Crippen LogP contribution < -0.4 is 0 Å². The first-order valence-electron chi connectivity index (χ1n) is 4.59. The molecule has 3 nitrogen and oxygen atoms in total. The molecule has 0 saturated heterocycles. The third-order valence-electron chi connectivity index (χ3n) is 2.24. The zero-order valence-corrected chi connectivity index (χ0v) is 8.94. The van der Waals surface area contributed by atoms with Crippen molar-refractivity contribution in [2.24, 2.45) is 0 Å². The van der Waals surface area contributed by atoms with Gasteiger partial charge in [-0.05, 0) is 35.9 Å². The molecule has 82 valence electrons. The lowest BCUT2D eigenvalue weighted by Gasteiger charge is -2.06. The predicted molar refractivity (Wildman–Crippen MR) is 61.9 cm³/mol. The largest absolute Gasteiger partial charge is 0.508 e. The maximum Gasteiger partial charge on any atom is 0.134 e. The number of aromatic hydroxyl groups is 3. The zero-order chi connectivity index (χ0) is 11.7. The van der Waals surface area contributed by atoms with E-state index < -0.39 is 0 Å². The molecule has 2 aromatic rings. The number of phenols is 3. The molecule has 0 bridgehead atoms. The van der Waals surface area contributed by atoms with E-state index in [9.17, 15) is 15.3 Å². The Balaban J connectivity index is 2.58. The van der Waals surface area contributed by atoms with Crippen LogP contribution in [0.5, 0.6) is 17.2 Å². The summed E-state index contributed by atoms with van der Waals surface area (Å²) in [4.78, 5) is 0. The van der Waals surface area contributed by atoms with Gasteiger partial charge in [0.2, 0.25) is 0 Å². The van der Waals surface area contributed by atoms with Crippen LogP contribution in [0.4, 0.5) is 0 Å². The fourth-order valence-electron chi connectivity index (χ4n) is 1.43. The zero-order valence-electron chi connectivity index (χ0n) is 8.18. The molecule has 2 aromatic carbocycles. The van der Waals surface area contributed by atoms with Gasteiger partial charge < -0.3 is 15.3 Å². The standard InChI is InChI=1S/C12H9ClO3/c13-10-5-7(1-3-12(10)16)9-6-8(14)2-4-11(9)15/h1-6,14-16H. The predicted octanol–water partition coefficient (Wildman–Crippen LogP) is 3.12. The highest BCUT2D eigenvalue weighted by Gasteiger charge is 2.07. The number of halogens is 1. The highest BCUT2D eigenvalue weighted by Crippen LogP contribution is 2.35. The molecular weight excluding hydrogens is 228 g/mol. The van der Waals surface area contributed by atoms with E-state index in [1.54, 1.807) is 6.07 Å². The lowest BCUT2D eigenvalue weighted by Crippen LogP contribution is -1.80. The Labute approximate surface area is 97.2 Å². The van der Waals surface area contributed by atoms with Crippen molar-refractivity contribution in [1.82, 2.24) is 0 Å². The van der Waals surface area contributed by atoms with Gasteiger partial charge in [-0.2, -0.15) is 0 Å². The summed E-state index contributed by atoms with van der Waals surface area (Å²) in [5.74, 6) is 0.0709. The van der Waals surface area contributed by atoms with Crippen LogP contribution in [-0.2, 0) is 0 Å². The lowest BCUT2D eigenvalue weighted by molar-refractivity contribution is 0.462. The Bertz CT molecular complexity index is 538. The summed E-state index contributed by atoms with van der Waals surface area (Å²) < 4.78 is 0. The second-order valence-corrected chi connectivity index (χ2v) is 3.77. The van der Waals surface area contributed by atoms with E-state index in [0.29, 0.717) is 11.1 Å². The van der Waals surface area contributed by atoms with Gasteiger partial charge in [0.25, 0.3) is 0 Å². The molecule has 16 heavy (non-hydrogen) atoms. The summed E-state index contributed by atoms with van der Waals surface area (Å²) in [6, 6.07) is 8.77. The Morgan fingerprint density at radius 3 is 2.19 bits per heavy atom. The molecule has 0 atom stereocenters. The van der Waals surface area contributed by atoms with Crippen molar-refractivity contribution in [2.45, 2.75) is 0 Å². The molecule has 0 aromatic heterocycles. The van der Waals surface area contributed by atoms with Gasteiger partial charge in [0.1, 0.15) is 17.2 Å². The smallest absolute Gasteiger partial charge is 0.134 e. The van der Waals surface area contributed by atoms with Crippen molar-refractivity contribution in [2.75, 3.05) is 0 Å². The molecule has 3 N–H and O–H groups in total. The number of hydrogen-bond acceptors (Lipinski definition) is 3. The summed E-state index contributed by atoms with van der Waals surface area (Å²) in [7, 11) is 0. The number of phenolic OH excluding ortho intramolecular Hbond substituents is 3. The molecule has 0 spiro atoms. The van der Waals surface area contributed by atoms with E-state index in [1.165, 1.54) is 30.3 Å². The molecule has 0 aliphatic carbocycles. The van der Waals surface area contributed by atoms with Gasteiger partial charge in [-0.3, -0.25) is 0 Å². The third-order valence-corrected chi connectivity index (χ3v) is 2.54. The minimum atomic E-state index is -0.0231. The van der Waals surface area contributed by atoms with Crippen molar-refractivity contribution in [3.05, 3.63) is 41.4 Å². The van der Waals surface area contributed by atoms with Gasteiger partial charge in [0.05, 0.1) is 5.02 Å². The van der Waals surface area contributed by atoms with E-state index >= 15 is 0 Å². The maximum absolute atomic E-state index is 9.63. The average molecular weight is 237 g/mol. The highest BCUT2D eigenvalue weighted by atomic mass is 35.5. The van der Waals surface area contributed by atoms with Crippen LogP contribution in [0.15, 0.2) is 36.4 Å². The van der Waals surface area contributed by atoms with Crippen molar-refractivity contribution in [1.29, 1.82) is 0 Å². The molecule has 0 saturated carbocycles. The first kappa shape index (κ1) is 10.6. The lowest BCUT2D eigenvalue weighted by atomic mass is 10.0. The van der Waals surface area contributed by atoms with Crippen LogP contribution in [0.1, 0.15) is 0 Å². The Kier molecular flexibility index (Phi) is 2.62. The van der Waals surface area contributed by atoms with E-state index in [-0.39, 0.29) is 22.3 Å². The molecular formula is C12H9ClO3. The average Bonchev–Trinajstić information content (AvgIpc) is 2.26. The molecule has 2 rings (SSSR count). The van der Waals surface area contributed by atoms with E-state index in [1.807, 2.05) is 0 Å². The van der Waals surface area contributed by atoms with Crippen LogP contribution in [0.25, 0.3) is 11.1 Å². The number of hydrogen-bond donors (Lipinski definition) is 3. The van der Waals surface area contributed by atoms with Gasteiger partial charge in [-0.1, -0.05) is 17.7 Å². The third kappa shape index (κ3) is 1.90. The maximum atomic E-state index is 9.63. The molecule has 0 aliphatic heterocycles. The molecule has 0 fully saturated rings. The second kappa shape index (κ2) is 3.94. The molecule has 0 amide bonds. The van der Waals surface area contributed by atoms with Crippen LogP contribution in [-0.4, -0.2) is 15.3 Å². The van der Waals surface area contributed by atoms with E-state index in [0.717, 1.165) is 0 Å². The SMILES string of the molecule is Oc1ccc(O)c(-c2ccc(O)c(Cl)c2)c1. The summed E-state index contributed by atoms with van der Waals surface area (Å²) in [5, 5.41) is 28.4. The van der Waals surface area contributed by atoms with Gasteiger partial charge in [0.15, 0.2) is 0 Å². The normalized spacial score (nSPS) is 10.3. The molecule has 4 heteroatoms.